The van der Waals surface area contributed by atoms with Gasteiger partial charge in [0.25, 0.3) is 11.8 Å². The predicted octanol–water partition coefficient (Wildman–Crippen LogP) is 2.27. The van der Waals surface area contributed by atoms with E-state index in [0.717, 1.165) is 37.9 Å². The maximum atomic E-state index is 12.6. The van der Waals surface area contributed by atoms with Crippen molar-refractivity contribution in [2.75, 3.05) is 20.2 Å². The second-order valence-electron chi connectivity index (χ2n) is 6.74. The van der Waals surface area contributed by atoms with E-state index in [1.165, 1.54) is 6.20 Å². The minimum Gasteiger partial charge on any atom is -0.378 e. The van der Waals surface area contributed by atoms with Gasteiger partial charge in [0.05, 0.1) is 24.2 Å². The Labute approximate surface area is 158 Å². The maximum absolute atomic E-state index is 12.6. The van der Waals surface area contributed by atoms with Crippen LogP contribution in [0.1, 0.15) is 46.5 Å². The van der Waals surface area contributed by atoms with Crippen LogP contribution in [0.15, 0.2) is 36.7 Å². The molecule has 2 N–H and O–H groups in total. The van der Waals surface area contributed by atoms with Crippen molar-refractivity contribution in [1.82, 2.24) is 14.9 Å². The van der Waals surface area contributed by atoms with E-state index in [2.05, 4.69) is 9.97 Å². The van der Waals surface area contributed by atoms with Crippen molar-refractivity contribution in [1.29, 1.82) is 0 Å². The van der Waals surface area contributed by atoms with Gasteiger partial charge in [-0.05, 0) is 37.8 Å². The van der Waals surface area contributed by atoms with Gasteiger partial charge in [-0.25, -0.2) is 4.98 Å². The van der Waals surface area contributed by atoms with Crippen LogP contribution < -0.4 is 5.73 Å². The van der Waals surface area contributed by atoms with Crippen LogP contribution in [-0.4, -0.2) is 53.0 Å². The number of hydrogen-bond donors (Lipinski definition) is 1. The summed E-state index contributed by atoms with van der Waals surface area (Å²) in [5.74, 6) is -0.647. The van der Waals surface area contributed by atoms with E-state index in [4.69, 9.17) is 10.5 Å². The molecule has 7 heteroatoms. The number of amides is 2. The number of hydrogen-bond acceptors (Lipinski definition) is 5. The molecule has 1 aliphatic heterocycles. The van der Waals surface area contributed by atoms with Crippen LogP contribution in [0.25, 0.3) is 11.3 Å². The Morgan fingerprint density at radius 3 is 2.70 bits per heavy atom. The van der Waals surface area contributed by atoms with Crippen molar-refractivity contribution in [3.63, 3.8) is 0 Å². The lowest BCUT2D eigenvalue weighted by atomic mass is 10.1. The molecule has 1 saturated heterocycles. The average Bonchev–Trinajstić information content (AvgIpc) is 3.21. The normalized spacial score (nSPS) is 16.3. The summed E-state index contributed by atoms with van der Waals surface area (Å²) in [6, 6.07) is 7.10. The number of nitrogens with zero attached hydrogens (tertiary/aromatic N) is 3. The lowest BCUT2D eigenvalue weighted by Crippen LogP contribution is -2.28. The highest BCUT2D eigenvalue weighted by atomic mass is 16.5. The summed E-state index contributed by atoms with van der Waals surface area (Å²) < 4.78 is 5.61. The monoisotopic (exact) mass is 368 g/mol. The summed E-state index contributed by atoms with van der Waals surface area (Å²) in [7, 11) is 1.81. The van der Waals surface area contributed by atoms with E-state index < -0.39 is 5.91 Å². The second-order valence-corrected chi connectivity index (χ2v) is 6.74. The highest BCUT2D eigenvalue weighted by molar-refractivity contribution is 5.94. The number of rotatable bonds is 7. The third-order valence-electron chi connectivity index (χ3n) is 4.70. The van der Waals surface area contributed by atoms with Gasteiger partial charge >= 0.3 is 0 Å². The summed E-state index contributed by atoms with van der Waals surface area (Å²) >= 11 is 0. The van der Waals surface area contributed by atoms with Crippen LogP contribution in [0, 0.1) is 0 Å². The first-order chi connectivity index (χ1) is 13.0. The van der Waals surface area contributed by atoms with Crippen molar-refractivity contribution in [2.24, 2.45) is 5.73 Å². The molecule has 1 fully saturated rings. The number of carbonyl (C=O) groups is 2. The second kappa shape index (κ2) is 8.73. The molecule has 1 aromatic carbocycles. The average molecular weight is 368 g/mol. The summed E-state index contributed by atoms with van der Waals surface area (Å²) in [5, 5.41) is 0. The number of carbonyl (C=O) groups excluding carboxylic acids is 2. The Morgan fingerprint density at radius 2 is 2.04 bits per heavy atom. The van der Waals surface area contributed by atoms with Gasteiger partial charge in [-0.3, -0.25) is 14.6 Å². The molecule has 0 bridgehead atoms. The predicted molar refractivity (Wildman–Crippen MR) is 101 cm³/mol. The molecule has 7 nitrogen and oxygen atoms in total. The topological polar surface area (TPSA) is 98.4 Å². The summed E-state index contributed by atoms with van der Waals surface area (Å²) in [6.45, 7) is 1.56. The van der Waals surface area contributed by atoms with Gasteiger partial charge in [0.2, 0.25) is 0 Å². The number of nitrogens with two attached hydrogens (primary N) is 1. The van der Waals surface area contributed by atoms with Crippen molar-refractivity contribution in [2.45, 2.75) is 31.8 Å². The quantitative estimate of drug-likeness (QED) is 0.808. The van der Waals surface area contributed by atoms with E-state index in [-0.39, 0.29) is 11.6 Å². The molecule has 0 saturated carbocycles. The van der Waals surface area contributed by atoms with Gasteiger partial charge in [0.1, 0.15) is 5.69 Å². The van der Waals surface area contributed by atoms with E-state index in [1.807, 2.05) is 7.05 Å². The SMILES string of the molecule is CN(CCCC1CCCO1)C(=O)c1ccc(-c2cncc(C(N)=O)n2)cc1. The molecule has 0 aliphatic carbocycles. The minimum atomic E-state index is -0.624. The maximum Gasteiger partial charge on any atom is 0.268 e. The molecular formula is C20H24N4O3. The molecule has 1 aromatic heterocycles. The third-order valence-corrected chi connectivity index (χ3v) is 4.70. The fourth-order valence-electron chi connectivity index (χ4n) is 3.16. The zero-order chi connectivity index (χ0) is 19.2. The fraction of sp³-hybridized carbons (Fsp3) is 0.400. The van der Waals surface area contributed by atoms with Crippen LogP contribution >= 0.6 is 0 Å². The molecule has 2 aromatic rings. The Hall–Kier alpha value is -2.80. The van der Waals surface area contributed by atoms with E-state index in [1.54, 1.807) is 35.4 Å². The van der Waals surface area contributed by atoms with E-state index in [0.29, 0.717) is 23.9 Å². The molecule has 1 atom stereocenters. The Balaban J connectivity index is 1.59. The largest absolute Gasteiger partial charge is 0.378 e. The fourth-order valence-corrected chi connectivity index (χ4v) is 3.16. The molecule has 1 aliphatic rings. The van der Waals surface area contributed by atoms with Gasteiger partial charge in [0.15, 0.2) is 0 Å². The number of ether oxygens (including phenoxy) is 1. The first-order valence-electron chi connectivity index (χ1n) is 9.14. The molecule has 142 valence electrons. The molecule has 3 rings (SSSR count). The van der Waals surface area contributed by atoms with Crippen LogP contribution in [0.5, 0.6) is 0 Å². The zero-order valence-electron chi connectivity index (χ0n) is 15.4. The van der Waals surface area contributed by atoms with Crippen molar-refractivity contribution < 1.29 is 14.3 Å². The number of benzene rings is 1. The van der Waals surface area contributed by atoms with E-state index in [9.17, 15) is 9.59 Å². The molecule has 2 amide bonds. The highest BCUT2D eigenvalue weighted by Crippen LogP contribution is 2.19. The third kappa shape index (κ3) is 4.89. The lowest BCUT2D eigenvalue weighted by Gasteiger charge is -2.18. The standard InChI is InChI=1S/C20H24N4O3/c1-24(10-2-4-16-5-3-11-27-16)20(26)15-8-6-14(7-9-15)17-12-22-13-18(23-17)19(21)25/h6-9,12-13,16H,2-5,10-11H2,1H3,(H2,21,25). The van der Waals surface area contributed by atoms with Gasteiger partial charge in [-0.1, -0.05) is 12.1 Å². The van der Waals surface area contributed by atoms with Gasteiger partial charge < -0.3 is 15.4 Å². The first-order valence-corrected chi connectivity index (χ1v) is 9.14. The number of primary amides is 1. The minimum absolute atomic E-state index is 0.0224. The molecule has 2 heterocycles. The summed E-state index contributed by atoms with van der Waals surface area (Å²) in [4.78, 5) is 33.7. The molecular weight excluding hydrogens is 344 g/mol. The summed E-state index contributed by atoms with van der Waals surface area (Å²) in [6.07, 6.45) is 7.42. The Morgan fingerprint density at radius 1 is 1.26 bits per heavy atom. The molecule has 0 spiro atoms. The lowest BCUT2D eigenvalue weighted by molar-refractivity contribution is 0.0763. The Kier molecular flexibility index (Phi) is 6.13. The Bertz CT molecular complexity index is 801. The first kappa shape index (κ1) is 19.0. The van der Waals surface area contributed by atoms with Crippen LogP contribution in [0.2, 0.25) is 0 Å². The van der Waals surface area contributed by atoms with Crippen molar-refractivity contribution in [3.05, 3.63) is 47.9 Å². The smallest absolute Gasteiger partial charge is 0.268 e. The summed E-state index contributed by atoms with van der Waals surface area (Å²) in [5.41, 5.74) is 7.26. The molecule has 0 radical (unpaired) electrons. The van der Waals surface area contributed by atoms with Crippen LogP contribution in [0.4, 0.5) is 0 Å². The van der Waals surface area contributed by atoms with Crippen molar-refractivity contribution in [3.8, 4) is 11.3 Å². The van der Waals surface area contributed by atoms with Crippen LogP contribution in [0.3, 0.4) is 0 Å². The van der Waals surface area contributed by atoms with Crippen molar-refractivity contribution >= 4 is 11.8 Å². The zero-order valence-corrected chi connectivity index (χ0v) is 15.4. The van der Waals surface area contributed by atoms with Crippen LogP contribution in [-0.2, 0) is 4.74 Å². The van der Waals surface area contributed by atoms with Gasteiger partial charge in [0, 0.05) is 31.3 Å². The highest BCUT2D eigenvalue weighted by Gasteiger charge is 2.17. The molecule has 27 heavy (non-hydrogen) atoms. The number of aromatic nitrogens is 2. The molecule has 1 unspecified atom stereocenters. The van der Waals surface area contributed by atoms with E-state index >= 15 is 0 Å². The van der Waals surface area contributed by atoms with Gasteiger partial charge in [-0.15, -0.1) is 0 Å². The van der Waals surface area contributed by atoms with Gasteiger partial charge in [-0.2, -0.15) is 0 Å².